The molecule has 2 rings (SSSR count). The van der Waals surface area contributed by atoms with E-state index in [9.17, 15) is 13.2 Å². The molecule has 2 N–H and O–H groups in total. The van der Waals surface area contributed by atoms with Crippen molar-refractivity contribution in [2.45, 2.75) is 37.6 Å². The number of nitrogens with one attached hydrogen (secondary N) is 2. The van der Waals surface area contributed by atoms with Crippen LogP contribution in [-0.2, 0) is 26.0 Å². The van der Waals surface area contributed by atoms with E-state index in [1.165, 1.54) is 12.1 Å². The van der Waals surface area contributed by atoms with Crippen molar-refractivity contribution in [3.8, 4) is 0 Å². The van der Waals surface area contributed by atoms with Gasteiger partial charge in [0.1, 0.15) is 6.04 Å². The zero-order valence-electron chi connectivity index (χ0n) is 16.4. The normalized spacial score (nSPS) is 12.5. The Labute approximate surface area is 167 Å². The van der Waals surface area contributed by atoms with Gasteiger partial charge in [0, 0.05) is 19.8 Å². The molecular formula is C21H28N2O4S. The second-order valence-electron chi connectivity index (χ2n) is 6.52. The molecule has 6 nitrogen and oxygen atoms in total. The first kappa shape index (κ1) is 22.1. The average Bonchev–Trinajstić information content (AvgIpc) is 2.68. The number of amides is 1. The van der Waals surface area contributed by atoms with Gasteiger partial charge in [-0.3, -0.25) is 4.79 Å². The Morgan fingerprint density at radius 2 is 1.75 bits per heavy atom. The molecule has 152 valence electrons. The molecule has 0 saturated heterocycles. The van der Waals surface area contributed by atoms with Crippen LogP contribution >= 0.6 is 0 Å². The zero-order chi connectivity index (χ0) is 20.4. The Bertz CT molecular complexity index is 836. The summed E-state index contributed by atoms with van der Waals surface area (Å²) in [7, 11) is -3.82. The van der Waals surface area contributed by atoms with E-state index in [2.05, 4.69) is 10.0 Å². The third-order valence-electron chi connectivity index (χ3n) is 4.20. The van der Waals surface area contributed by atoms with Crippen molar-refractivity contribution in [3.63, 3.8) is 0 Å². The van der Waals surface area contributed by atoms with Gasteiger partial charge in [-0.15, -0.1) is 0 Å². The predicted molar refractivity (Wildman–Crippen MR) is 110 cm³/mol. The Morgan fingerprint density at radius 1 is 1.07 bits per heavy atom. The van der Waals surface area contributed by atoms with Crippen LogP contribution in [-0.4, -0.2) is 40.1 Å². The van der Waals surface area contributed by atoms with E-state index >= 15 is 0 Å². The molecular weight excluding hydrogens is 376 g/mol. The molecule has 2 aromatic carbocycles. The number of carbonyl (C=O) groups is 1. The fourth-order valence-electron chi connectivity index (χ4n) is 2.66. The van der Waals surface area contributed by atoms with Crippen molar-refractivity contribution in [2.75, 3.05) is 19.8 Å². The number of carbonyl (C=O) groups excluding carboxylic acids is 1. The average molecular weight is 405 g/mol. The largest absolute Gasteiger partial charge is 0.382 e. The molecule has 1 atom stereocenters. The van der Waals surface area contributed by atoms with Crippen LogP contribution < -0.4 is 10.0 Å². The molecule has 0 unspecified atom stereocenters. The van der Waals surface area contributed by atoms with Gasteiger partial charge in [0.2, 0.25) is 15.9 Å². The van der Waals surface area contributed by atoms with Gasteiger partial charge >= 0.3 is 0 Å². The van der Waals surface area contributed by atoms with Gasteiger partial charge in [0.25, 0.3) is 0 Å². The minimum Gasteiger partial charge on any atom is -0.382 e. The fourth-order valence-corrected chi connectivity index (χ4v) is 3.86. The minimum atomic E-state index is -3.82. The minimum absolute atomic E-state index is 0.139. The standard InChI is InChI=1S/C21H28N2O4S/c1-3-27-15-7-14-22-21(24)20(16-18-8-5-4-6-9-18)23-28(25,26)19-12-10-17(2)11-13-19/h4-6,8-13,20,23H,3,7,14-16H2,1-2H3,(H,22,24)/t20-/m0/s1. The monoisotopic (exact) mass is 404 g/mol. The topological polar surface area (TPSA) is 84.5 Å². The molecule has 0 bridgehead atoms. The molecule has 2 aromatic rings. The summed E-state index contributed by atoms with van der Waals surface area (Å²) >= 11 is 0. The highest BCUT2D eigenvalue weighted by Crippen LogP contribution is 2.12. The molecule has 7 heteroatoms. The van der Waals surface area contributed by atoms with E-state index in [-0.39, 0.29) is 17.2 Å². The second kappa shape index (κ2) is 10.9. The SMILES string of the molecule is CCOCCCNC(=O)[C@H](Cc1ccccc1)NS(=O)(=O)c1ccc(C)cc1. The van der Waals surface area contributed by atoms with E-state index in [1.807, 2.05) is 44.2 Å². The van der Waals surface area contributed by atoms with Crippen LogP contribution in [0, 0.1) is 6.92 Å². The molecule has 0 aliphatic rings. The molecule has 0 fully saturated rings. The first-order valence-electron chi connectivity index (χ1n) is 9.40. The third kappa shape index (κ3) is 7.07. The highest BCUT2D eigenvalue weighted by atomic mass is 32.2. The van der Waals surface area contributed by atoms with Gasteiger partial charge in [-0.05, 0) is 44.4 Å². The number of rotatable bonds is 11. The van der Waals surface area contributed by atoms with E-state index < -0.39 is 16.1 Å². The summed E-state index contributed by atoms with van der Waals surface area (Å²) in [6, 6.07) is 15.0. The van der Waals surface area contributed by atoms with Crippen molar-refractivity contribution < 1.29 is 17.9 Å². The van der Waals surface area contributed by atoms with Crippen LogP contribution in [0.1, 0.15) is 24.5 Å². The van der Waals surface area contributed by atoms with Crippen LogP contribution in [0.5, 0.6) is 0 Å². The van der Waals surface area contributed by atoms with Gasteiger partial charge < -0.3 is 10.1 Å². The maximum absolute atomic E-state index is 12.8. The van der Waals surface area contributed by atoms with E-state index in [1.54, 1.807) is 12.1 Å². The lowest BCUT2D eigenvalue weighted by atomic mass is 10.1. The Hall–Kier alpha value is -2.22. The molecule has 0 heterocycles. The maximum atomic E-state index is 12.8. The Morgan fingerprint density at radius 3 is 2.39 bits per heavy atom. The lowest BCUT2D eigenvalue weighted by Crippen LogP contribution is -2.48. The number of benzene rings is 2. The van der Waals surface area contributed by atoms with Crippen LogP contribution in [0.25, 0.3) is 0 Å². The zero-order valence-corrected chi connectivity index (χ0v) is 17.2. The van der Waals surface area contributed by atoms with Gasteiger partial charge in [-0.1, -0.05) is 48.0 Å². The maximum Gasteiger partial charge on any atom is 0.241 e. The number of sulfonamides is 1. The first-order valence-corrected chi connectivity index (χ1v) is 10.9. The first-order chi connectivity index (χ1) is 13.4. The van der Waals surface area contributed by atoms with E-state index in [4.69, 9.17) is 4.74 Å². The quantitative estimate of drug-likeness (QED) is 0.564. The number of ether oxygens (including phenoxy) is 1. The van der Waals surface area contributed by atoms with Crippen molar-refractivity contribution in [2.24, 2.45) is 0 Å². The molecule has 0 radical (unpaired) electrons. The lowest BCUT2D eigenvalue weighted by molar-refractivity contribution is -0.122. The number of aryl methyl sites for hydroxylation is 1. The molecule has 0 spiro atoms. The van der Waals surface area contributed by atoms with E-state index in [0.29, 0.717) is 26.2 Å². The highest BCUT2D eigenvalue weighted by molar-refractivity contribution is 7.89. The highest BCUT2D eigenvalue weighted by Gasteiger charge is 2.25. The van der Waals surface area contributed by atoms with Crippen LogP contribution in [0.4, 0.5) is 0 Å². The van der Waals surface area contributed by atoms with Gasteiger partial charge in [0.15, 0.2) is 0 Å². The molecule has 0 aliphatic carbocycles. The molecule has 0 aromatic heterocycles. The molecule has 0 saturated carbocycles. The fraction of sp³-hybridized carbons (Fsp3) is 0.381. The molecule has 28 heavy (non-hydrogen) atoms. The van der Waals surface area contributed by atoms with Crippen molar-refractivity contribution in [1.82, 2.24) is 10.0 Å². The summed E-state index contributed by atoms with van der Waals surface area (Å²) in [5.74, 6) is -0.351. The summed E-state index contributed by atoms with van der Waals surface area (Å²) in [6.07, 6.45) is 0.936. The van der Waals surface area contributed by atoms with Crippen molar-refractivity contribution in [1.29, 1.82) is 0 Å². The smallest absolute Gasteiger partial charge is 0.241 e. The number of hydrogen-bond acceptors (Lipinski definition) is 4. The van der Waals surface area contributed by atoms with Crippen LogP contribution in [0.3, 0.4) is 0 Å². The van der Waals surface area contributed by atoms with Gasteiger partial charge in [0.05, 0.1) is 4.90 Å². The molecule has 1 amide bonds. The summed E-state index contributed by atoms with van der Waals surface area (Å²) < 4.78 is 33.3. The number of hydrogen-bond donors (Lipinski definition) is 2. The second-order valence-corrected chi connectivity index (χ2v) is 8.23. The Balaban J connectivity index is 2.10. The summed E-state index contributed by atoms with van der Waals surface area (Å²) in [6.45, 7) is 5.40. The Kier molecular flexibility index (Phi) is 8.63. The van der Waals surface area contributed by atoms with Gasteiger partial charge in [-0.2, -0.15) is 4.72 Å². The van der Waals surface area contributed by atoms with Crippen LogP contribution in [0.2, 0.25) is 0 Å². The van der Waals surface area contributed by atoms with E-state index in [0.717, 1.165) is 11.1 Å². The summed E-state index contributed by atoms with van der Waals surface area (Å²) in [5, 5.41) is 2.80. The van der Waals surface area contributed by atoms with Gasteiger partial charge in [-0.25, -0.2) is 8.42 Å². The summed E-state index contributed by atoms with van der Waals surface area (Å²) in [4.78, 5) is 12.8. The third-order valence-corrected chi connectivity index (χ3v) is 5.68. The molecule has 0 aliphatic heterocycles. The lowest BCUT2D eigenvalue weighted by Gasteiger charge is -2.19. The van der Waals surface area contributed by atoms with Crippen LogP contribution in [0.15, 0.2) is 59.5 Å². The summed E-state index contributed by atoms with van der Waals surface area (Å²) in [5.41, 5.74) is 1.84. The van der Waals surface area contributed by atoms with Crippen molar-refractivity contribution in [3.05, 3.63) is 65.7 Å². The predicted octanol–water partition coefficient (Wildman–Crippen LogP) is 2.43. The van der Waals surface area contributed by atoms with Crippen molar-refractivity contribution >= 4 is 15.9 Å².